The highest BCUT2D eigenvalue weighted by Crippen LogP contribution is 2.28. The molecule has 0 fully saturated rings. The zero-order valence-corrected chi connectivity index (χ0v) is 15.6. The van der Waals surface area contributed by atoms with E-state index in [1.54, 1.807) is 22.7 Å². The van der Waals surface area contributed by atoms with Crippen LogP contribution in [-0.2, 0) is 12.7 Å². The number of aromatic nitrogens is 3. The summed E-state index contributed by atoms with van der Waals surface area (Å²) in [5.41, 5.74) is 6.44. The molecule has 0 atom stereocenters. The topological polar surface area (TPSA) is 76.5 Å². The predicted octanol–water partition coefficient (Wildman–Crippen LogP) is 3.89. The summed E-state index contributed by atoms with van der Waals surface area (Å²) in [7, 11) is 1.41. The van der Waals surface area contributed by atoms with Gasteiger partial charge in [-0.3, -0.25) is 9.78 Å². The van der Waals surface area contributed by atoms with Crippen molar-refractivity contribution in [3.05, 3.63) is 71.4 Å². The second kappa shape index (κ2) is 6.97. The van der Waals surface area contributed by atoms with E-state index in [-0.39, 0.29) is 29.1 Å². The predicted molar refractivity (Wildman–Crippen MR) is 102 cm³/mol. The Morgan fingerprint density at radius 2 is 1.97 bits per heavy atom. The highest BCUT2D eigenvalue weighted by Gasteiger charge is 2.30. The van der Waals surface area contributed by atoms with Crippen molar-refractivity contribution in [2.45, 2.75) is 12.7 Å². The number of amides is 1. The highest BCUT2D eigenvalue weighted by molar-refractivity contribution is 5.98. The SMILES string of the molecule is CN(Cc1ccc(C(F)(F)F)cn1)C(=O)c1cc2c(cc1F)nc(N)c1cccn12. The Morgan fingerprint density at radius 3 is 2.63 bits per heavy atom. The number of benzene rings is 1. The molecule has 0 saturated carbocycles. The number of nitrogen functional groups attached to an aromatic ring is 1. The van der Waals surface area contributed by atoms with Crippen LogP contribution in [0.4, 0.5) is 23.4 Å². The largest absolute Gasteiger partial charge is 0.417 e. The van der Waals surface area contributed by atoms with E-state index in [1.165, 1.54) is 24.1 Å². The lowest BCUT2D eigenvalue weighted by Gasteiger charge is -2.18. The van der Waals surface area contributed by atoms with Crippen molar-refractivity contribution in [3.8, 4) is 0 Å². The van der Waals surface area contributed by atoms with E-state index in [0.717, 1.165) is 12.1 Å². The maximum Gasteiger partial charge on any atom is 0.417 e. The van der Waals surface area contributed by atoms with E-state index < -0.39 is 23.5 Å². The van der Waals surface area contributed by atoms with Crippen LogP contribution >= 0.6 is 0 Å². The Balaban J connectivity index is 1.65. The van der Waals surface area contributed by atoms with Crippen LogP contribution < -0.4 is 5.73 Å². The zero-order valence-electron chi connectivity index (χ0n) is 15.6. The average molecular weight is 417 g/mol. The van der Waals surface area contributed by atoms with Gasteiger partial charge >= 0.3 is 6.18 Å². The molecule has 0 radical (unpaired) electrons. The molecule has 0 aliphatic carbocycles. The number of halogens is 4. The lowest BCUT2D eigenvalue weighted by Crippen LogP contribution is -2.27. The van der Waals surface area contributed by atoms with Gasteiger partial charge in [0, 0.05) is 25.5 Å². The number of fused-ring (bicyclic) bond motifs is 3. The van der Waals surface area contributed by atoms with Gasteiger partial charge in [-0.05, 0) is 30.3 Å². The molecule has 4 rings (SSSR count). The summed E-state index contributed by atoms with van der Waals surface area (Å²) in [6.45, 7) is -0.0899. The summed E-state index contributed by atoms with van der Waals surface area (Å²) in [5.74, 6) is -1.19. The van der Waals surface area contributed by atoms with Crippen LogP contribution in [-0.4, -0.2) is 32.2 Å². The van der Waals surface area contributed by atoms with Crippen LogP contribution in [0.15, 0.2) is 48.8 Å². The van der Waals surface area contributed by atoms with E-state index in [2.05, 4.69) is 9.97 Å². The first-order chi connectivity index (χ1) is 14.1. The third-order valence-corrected chi connectivity index (χ3v) is 4.70. The van der Waals surface area contributed by atoms with Crippen LogP contribution in [0.25, 0.3) is 16.6 Å². The summed E-state index contributed by atoms with van der Waals surface area (Å²) in [6, 6.07) is 8.07. The van der Waals surface area contributed by atoms with Crippen molar-refractivity contribution in [1.82, 2.24) is 19.3 Å². The Kier molecular flexibility index (Phi) is 4.56. The molecule has 2 N–H and O–H groups in total. The molecule has 0 unspecified atom stereocenters. The summed E-state index contributed by atoms with van der Waals surface area (Å²) in [6.07, 6.45) is -2.08. The molecule has 30 heavy (non-hydrogen) atoms. The monoisotopic (exact) mass is 417 g/mol. The number of hydrogen-bond acceptors (Lipinski definition) is 4. The van der Waals surface area contributed by atoms with Gasteiger partial charge in [0.15, 0.2) is 0 Å². The average Bonchev–Trinajstić information content (AvgIpc) is 3.17. The molecule has 3 aromatic heterocycles. The molecule has 4 aromatic rings. The molecule has 6 nitrogen and oxygen atoms in total. The quantitative estimate of drug-likeness (QED) is 0.513. The lowest BCUT2D eigenvalue weighted by molar-refractivity contribution is -0.137. The van der Waals surface area contributed by atoms with Gasteiger partial charge in [0.25, 0.3) is 5.91 Å². The summed E-state index contributed by atoms with van der Waals surface area (Å²) < 4.78 is 54.3. The number of carbonyl (C=O) groups excluding carboxylic acids is 1. The van der Waals surface area contributed by atoms with E-state index in [9.17, 15) is 22.4 Å². The molecule has 0 saturated heterocycles. The van der Waals surface area contributed by atoms with Gasteiger partial charge in [0.2, 0.25) is 0 Å². The number of hydrogen-bond donors (Lipinski definition) is 1. The first-order valence-electron chi connectivity index (χ1n) is 8.78. The fourth-order valence-corrected chi connectivity index (χ4v) is 3.19. The molecule has 1 aromatic carbocycles. The van der Waals surface area contributed by atoms with Gasteiger partial charge in [0.05, 0.1) is 39.9 Å². The van der Waals surface area contributed by atoms with Gasteiger partial charge in [0.1, 0.15) is 11.6 Å². The number of pyridine rings is 1. The Bertz CT molecular complexity index is 1260. The molecular formula is C20H15F4N5O. The van der Waals surface area contributed by atoms with Gasteiger partial charge < -0.3 is 15.0 Å². The molecule has 0 aliphatic rings. The molecule has 0 spiro atoms. The zero-order chi connectivity index (χ0) is 21.6. The molecule has 10 heteroatoms. The number of anilines is 1. The minimum Gasteiger partial charge on any atom is -0.382 e. The van der Waals surface area contributed by atoms with Gasteiger partial charge in [-0.1, -0.05) is 0 Å². The third kappa shape index (κ3) is 3.40. The molecular weight excluding hydrogens is 402 g/mol. The van der Waals surface area contributed by atoms with Crippen molar-refractivity contribution >= 4 is 28.3 Å². The second-order valence-corrected chi connectivity index (χ2v) is 6.78. The maximum atomic E-state index is 14.6. The number of nitrogens with two attached hydrogens (primary N) is 1. The Morgan fingerprint density at radius 1 is 1.20 bits per heavy atom. The van der Waals surface area contributed by atoms with Crippen molar-refractivity contribution in [2.75, 3.05) is 12.8 Å². The highest BCUT2D eigenvalue weighted by atomic mass is 19.4. The minimum absolute atomic E-state index is 0.0899. The summed E-state index contributed by atoms with van der Waals surface area (Å²) in [4.78, 5) is 21.9. The third-order valence-electron chi connectivity index (χ3n) is 4.70. The van der Waals surface area contributed by atoms with Crippen molar-refractivity contribution in [2.24, 2.45) is 0 Å². The Labute approximate surface area is 167 Å². The molecule has 1 amide bonds. The van der Waals surface area contributed by atoms with Gasteiger partial charge in [-0.25, -0.2) is 9.37 Å². The molecule has 0 aliphatic heterocycles. The number of rotatable bonds is 3. The van der Waals surface area contributed by atoms with E-state index in [4.69, 9.17) is 5.73 Å². The number of nitrogens with zero attached hydrogens (tertiary/aromatic N) is 4. The van der Waals surface area contributed by atoms with E-state index in [1.807, 2.05) is 0 Å². The second-order valence-electron chi connectivity index (χ2n) is 6.78. The molecule has 154 valence electrons. The van der Waals surface area contributed by atoms with E-state index in [0.29, 0.717) is 17.2 Å². The minimum atomic E-state index is -4.50. The van der Waals surface area contributed by atoms with Gasteiger partial charge in [-0.15, -0.1) is 0 Å². The van der Waals surface area contributed by atoms with Crippen LogP contribution in [0.1, 0.15) is 21.6 Å². The fraction of sp³-hybridized carbons (Fsp3) is 0.150. The van der Waals surface area contributed by atoms with Crippen LogP contribution in [0, 0.1) is 5.82 Å². The lowest BCUT2D eigenvalue weighted by atomic mass is 10.1. The maximum absolute atomic E-state index is 14.6. The van der Waals surface area contributed by atoms with Crippen molar-refractivity contribution in [1.29, 1.82) is 0 Å². The smallest absolute Gasteiger partial charge is 0.382 e. The molecule has 0 bridgehead atoms. The number of alkyl halides is 3. The Hall–Kier alpha value is -3.69. The standard InChI is InChI=1S/C20H15F4N5O/c1-28(10-12-5-4-11(9-26-12)20(22,23)24)19(30)13-7-17-15(8-14(13)21)27-18(25)16-3-2-6-29(16)17/h2-9H,10H2,1H3,(H2,25,27). The first-order valence-corrected chi connectivity index (χ1v) is 8.78. The molecule has 3 heterocycles. The fourth-order valence-electron chi connectivity index (χ4n) is 3.19. The van der Waals surface area contributed by atoms with Crippen molar-refractivity contribution < 1.29 is 22.4 Å². The summed E-state index contributed by atoms with van der Waals surface area (Å²) in [5, 5.41) is 0. The van der Waals surface area contributed by atoms with Crippen molar-refractivity contribution in [3.63, 3.8) is 0 Å². The normalized spacial score (nSPS) is 11.9. The van der Waals surface area contributed by atoms with Gasteiger partial charge in [-0.2, -0.15) is 13.2 Å². The van der Waals surface area contributed by atoms with E-state index >= 15 is 0 Å². The summed E-state index contributed by atoms with van der Waals surface area (Å²) >= 11 is 0. The van der Waals surface area contributed by atoms with Crippen LogP contribution in [0.3, 0.4) is 0 Å². The van der Waals surface area contributed by atoms with Crippen LogP contribution in [0.2, 0.25) is 0 Å². The first kappa shape index (κ1) is 19.6. The van der Waals surface area contributed by atoms with Crippen LogP contribution in [0.5, 0.6) is 0 Å². The number of carbonyl (C=O) groups is 1.